The zero-order chi connectivity index (χ0) is 17.5. The summed E-state index contributed by atoms with van der Waals surface area (Å²) in [5, 5.41) is 3.97. The minimum atomic E-state index is -0.301. The van der Waals surface area contributed by atoms with Gasteiger partial charge in [0.2, 0.25) is 0 Å². The third-order valence-corrected chi connectivity index (χ3v) is 4.43. The summed E-state index contributed by atoms with van der Waals surface area (Å²) in [6.45, 7) is 2.17. The number of hydrazone groups is 1. The first-order chi connectivity index (χ1) is 12.2. The average molecular weight is 402 g/mol. The highest BCUT2D eigenvalue weighted by Gasteiger charge is 2.11. The van der Waals surface area contributed by atoms with Crippen molar-refractivity contribution >= 4 is 33.7 Å². The van der Waals surface area contributed by atoms with E-state index in [1.807, 2.05) is 24.3 Å². The number of hydrogen-bond donors (Lipinski definition) is 1. The molecule has 0 bridgehead atoms. The third kappa shape index (κ3) is 5.32. The Balaban J connectivity index is 1.45. The van der Waals surface area contributed by atoms with Gasteiger partial charge >= 0.3 is 0 Å². The molecule has 3 rings (SSSR count). The number of hydrogen-bond acceptors (Lipinski definition) is 4. The summed E-state index contributed by atoms with van der Waals surface area (Å²) in [7, 11) is 0. The quantitative estimate of drug-likeness (QED) is 0.594. The van der Waals surface area contributed by atoms with Crippen molar-refractivity contribution in [1.29, 1.82) is 0 Å². The molecule has 1 heterocycles. The molecule has 0 aliphatic carbocycles. The molecule has 1 saturated heterocycles. The predicted molar refractivity (Wildman–Crippen MR) is 103 cm³/mol. The molecule has 1 amide bonds. The lowest BCUT2D eigenvalue weighted by Crippen LogP contribution is -2.24. The van der Waals surface area contributed by atoms with Gasteiger partial charge in [-0.3, -0.25) is 4.79 Å². The highest BCUT2D eigenvalue weighted by atomic mass is 79.9. The van der Waals surface area contributed by atoms with Crippen molar-refractivity contribution in [3.8, 4) is 5.75 Å². The molecule has 2 aromatic carbocycles. The Morgan fingerprint density at radius 2 is 1.96 bits per heavy atom. The summed E-state index contributed by atoms with van der Waals surface area (Å²) >= 11 is 3.36. The van der Waals surface area contributed by atoms with E-state index < -0.39 is 0 Å². The standard InChI is InChI=1S/C19H20BrN3O2/c20-16-4-3-5-18(12-16)25-14-19(24)22-21-13-15-6-8-17(9-7-15)23-10-1-2-11-23/h3-9,12-13H,1-2,10-11,14H2,(H,22,24)/b21-13+. The molecule has 0 saturated carbocycles. The van der Waals surface area contributed by atoms with Crippen LogP contribution in [0.4, 0.5) is 5.69 Å². The zero-order valence-corrected chi connectivity index (χ0v) is 15.4. The first-order valence-electron chi connectivity index (χ1n) is 8.26. The Kier molecular flexibility index (Phi) is 6.06. The fourth-order valence-corrected chi connectivity index (χ4v) is 3.04. The molecule has 0 radical (unpaired) electrons. The number of nitrogens with zero attached hydrogens (tertiary/aromatic N) is 2. The number of carbonyl (C=O) groups excluding carboxylic acids is 1. The molecule has 6 heteroatoms. The van der Waals surface area contributed by atoms with Crippen LogP contribution in [0, 0.1) is 0 Å². The van der Waals surface area contributed by atoms with Gasteiger partial charge in [0.1, 0.15) is 5.75 Å². The molecule has 0 unspecified atom stereocenters. The maximum atomic E-state index is 11.8. The van der Waals surface area contributed by atoms with Gasteiger partial charge in [0, 0.05) is 23.2 Å². The molecule has 0 atom stereocenters. The summed E-state index contributed by atoms with van der Waals surface area (Å²) in [6, 6.07) is 15.5. The average Bonchev–Trinajstić information content (AvgIpc) is 3.15. The molecular weight excluding hydrogens is 382 g/mol. The largest absolute Gasteiger partial charge is 0.484 e. The van der Waals surface area contributed by atoms with Crippen molar-refractivity contribution in [3.05, 3.63) is 58.6 Å². The van der Waals surface area contributed by atoms with Gasteiger partial charge in [-0.25, -0.2) is 5.43 Å². The highest BCUT2D eigenvalue weighted by Crippen LogP contribution is 2.20. The van der Waals surface area contributed by atoms with E-state index in [0.717, 1.165) is 23.1 Å². The maximum absolute atomic E-state index is 11.8. The summed E-state index contributed by atoms with van der Waals surface area (Å²) < 4.78 is 6.31. The third-order valence-electron chi connectivity index (χ3n) is 3.93. The van der Waals surface area contributed by atoms with E-state index in [-0.39, 0.29) is 12.5 Å². The number of ether oxygens (including phenoxy) is 1. The van der Waals surface area contributed by atoms with Gasteiger partial charge in [0.25, 0.3) is 5.91 Å². The van der Waals surface area contributed by atoms with E-state index >= 15 is 0 Å². The SMILES string of the molecule is O=C(COc1cccc(Br)c1)N/N=C/c1ccc(N2CCCC2)cc1. The summed E-state index contributed by atoms with van der Waals surface area (Å²) in [5.41, 5.74) is 4.65. The first kappa shape index (κ1) is 17.5. The number of benzene rings is 2. The second kappa shape index (κ2) is 8.67. The van der Waals surface area contributed by atoms with Crippen LogP contribution in [0.15, 0.2) is 58.1 Å². The Labute approximate surface area is 155 Å². The van der Waals surface area contributed by atoms with Crippen molar-refractivity contribution in [2.45, 2.75) is 12.8 Å². The van der Waals surface area contributed by atoms with Crippen LogP contribution in [0.25, 0.3) is 0 Å². The molecule has 1 fully saturated rings. The topological polar surface area (TPSA) is 53.9 Å². The minimum Gasteiger partial charge on any atom is -0.484 e. The number of carbonyl (C=O) groups is 1. The predicted octanol–water partition coefficient (Wildman–Crippen LogP) is 3.58. The molecule has 130 valence electrons. The molecule has 25 heavy (non-hydrogen) atoms. The Morgan fingerprint density at radius 3 is 2.68 bits per heavy atom. The van der Waals surface area contributed by atoms with Crippen LogP contribution in [0.5, 0.6) is 5.75 Å². The van der Waals surface area contributed by atoms with Crippen LogP contribution in [0.2, 0.25) is 0 Å². The van der Waals surface area contributed by atoms with Crippen LogP contribution >= 0.6 is 15.9 Å². The number of anilines is 1. The molecule has 1 aliphatic heterocycles. The molecule has 0 spiro atoms. The van der Waals surface area contributed by atoms with Crippen LogP contribution < -0.4 is 15.1 Å². The van der Waals surface area contributed by atoms with Crippen molar-refractivity contribution in [2.24, 2.45) is 5.10 Å². The summed E-state index contributed by atoms with van der Waals surface area (Å²) in [6.07, 6.45) is 4.15. The van der Waals surface area contributed by atoms with E-state index in [0.29, 0.717) is 5.75 Å². The molecule has 5 nitrogen and oxygen atoms in total. The van der Waals surface area contributed by atoms with E-state index in [1.54, 1.807) is 18.3 Å². The van der Waals surface area contributed by atoms with E-state index in [1.165, 1.54) is 18.5 Å². The fourth-order valence-electron chi connectivity index (χ4n) is 2.66. The van der Waals surface area contributed by atoms with E-state index in [4.69, 9.17) is 4.74 Å². The number of rotatable bonds is 6. The van der Waals surface area contributed by atoms with Gasteiger partial charge in [-0.1, -0.05) is 34.1 Å². The van der Waals surface area contributed by atoms with Gasteiger partial charge in [0.15, 0.2) is 6.61 Å². The monoisotopic (exact) mass is 401 g/mol. The van der Waals surface area contributed by atoms with Gasteiger partial charge in [-0.2, -0.15) is 5.10 Å². The van der Waals surface area contributed by atoms with Crippen molar-refractivity contribution < 1.29 is 9.53 Å². The Hall–Kier alpha value is -2.34. The molecule has 1 N–H and O–H groups in total. The number of halogens is 1. The van der Waals surface area contributed by atoms with Gasteiger partial charge in [-0.15, -0.1) is 0 Å². The Morgan fingerprint density at radius 1 is 1.20 bits per heavy atom. The molecule has 1 aliphatic rings. The minimum absolute atomic E-state index is 0.0817. The lowest BCUT2D eigenvalue weighted by atomic mass is 10.2. The van der Waals surface area contributed by atoms with Crippen molar-refractivity contribution in [3.63, 3.8) is 0 Å². The van der Waals surface area contributed by atoms with Crippen LogP contribution in [-0.2, 0) is 4.79 Å². The van der Waals surface area contributed by atoms with Crippen LogP contribution in [-0.4, -0.2) is 31.8 Å². The first-order valence-corrected chi connectivity index (χ1v) is 9.05. The maximum Gasteiger partial charge on any atom is 0.277 e. The van der Waals surface area contributed by atoms with E-state index in [9.17, 15) is 4.79 Å². The van der Waals surface area contributed by atoms with E-state index in [2.05, 4.69) is 43.5 Å². The van der Waals surface area contributed by atoms with Gasteiger partial charge < -0.3 is 9.64 Å². The number of amides is 1. The lowest BCUT2D eigenvalue weighted by Gasteiger charge is -2.17. The molecule has 2 aromatic rings. The van der Waals surface area contributed by atoms with Crippen molar-refractivity contribution in [2.75, 3.05) is 24.6 Å². The zero-order valence-electron chi connectivity index (χ0n) is 13.8. The summed E-state index contributed by atoms with van der Waals surface area (Å²) in [4.78, 5) is 14.1. The lowest BCUT2D eigenvalue weighted by molar-refractivity contribution is -0.123. The smallest absolute Gasteiger partial charge is 0.277 e. The highest BCUT2D eigenvalue weighted by molar-refractivity contribution is 9.10. The number of nitrogens with one attached hydrogen (secondary N) is 1. The van der Waals surface area contributed by atoms with Crippen LogP contribution in [0.1, 0.15) is 18.4 Å². The van der Waals surface area contributed by atoms with Gasteiger partial charge in [0.05, 0.1) is 6.21 Å². The normalized spacial score (nSPS) is 14.0. The van der Waals surface area contributed by atoms with Crippen molar-refractivity contribution in [1.82, 2.24) is 5.43 Å². The second-order valence-corrected chi connectivity index (χ2v) is 6.74. The summed E-state index contributed by atoms with van der Waals surface area (Å²) in [5.74, 6) is 0.330. The Bertz CT molecular complexity index is 741. The van der Waals surface area contributed by atoms with Gasteiger partial charge in [-0.05, 0) is 48.7 Å². The second-order valence-electron chi connectivity index (χ2n) is 5.82. The van der Waals surface area contributed by atoms with Crippen LogP contribution in [0.3, 0.4) is 0 Å². The molecular formula is C19H20BrN3O2. The molecule has 0 aromatic heterocycles. The fraction of sp³-hybridized carbons (Fsp3) is 0.263.